The second-order valence-electron chi connectivity index (χ2n) is 6.06. The highest BCUT2D eigenvalue weighted by molar-refractivity contribution is 7.71. The predicted octanol–water partition coefficient (Wildman–Crippen LogP) is 0.324. The molecule has 2 rings (SSSR count). The molecule has 22 heteroatoms. The van der Waals surface area contributed by atoms with E-state index >= 15 is 4.39 Å². The SMILES string of the molecule is O=c1[nH]c(=S)n([C@@H]2O[C@H](COP(=O)(O)OP(=O)(O)OP(=O)(O)O)C(O)[C@]2(F)CF)cc1F. The number of phosphoric ester groups is 1. The Labute approximate surface area is 179 Å². The summed E-state index contributed by atoms with van der Waals surface area (Å²) >= 11 is 4.71. The molecule has 1 aliphatic rings. The van der Waals surface area contributed by atoms with Crippen LogP contribution in [0.3, 0.4) is 0 Å². The van der Waals surface area contributed by atoms with Crippen LogP contribution < -0.4 is 5.56 Å². The van der Waals surface area contributed by atoms with Gasteiger partial charge < -0.3 is 29.4 Å². The second kappa shape index (κ2) is 9.46. The number of aliphatic hydroxyl groups excluding tert-OH is 1. The van der Waals surface area contributed by atoms with Gasteiger partial charge in [0.1, 0.15) is 18.9 Å². The van der Waals surface area contributed by atoms with Crippen LogP contribution in [0.4, 0.5) is 13.2 Å². The van der Waals surface area contributed by atoms with Crippen LogP contribution in [0.2, 0.25) is 0 Å². The van der Waals surface area contributed by atoms with Crippen LogP contribution in [0.1, 0.15) is 6.23 Å². The third-order valence-corrected chi connectivity index (χ3v) is 7.87. The van der Waals surface area contributed by atoms with Crippen LogP contribution in [0.15, 0.2) is 11.0 Å². The molecule has 1 saturated heterocycles. The predicted molar refractivity (Wildman–Crippen MR) is 95.4 cm³/mol. The third-order valence-electron chi connectivity index (χ3n) is 3.76. The summed E-state index contributed by atoms with van der Waals surface area (Å²) in [5.41, 5.74) is -4.63. The first kappa shape index (κ1) is 27.5. The quantitative estimate of drug-likeness (QED) is 0.179. The van der Waals surface area contributed by atoms with Crippen molar-refractivity contribution in [2.75, 3.05) is 13.3 Å². The van der Waals surface area contributed by atoms with Crippen molar-refractivity contribution in [2.45, 2.75) is 24.1 Å². The summed E-state index contributed by atoms with van der Waals surface area (Å²) < 4.78 is 91.6. The number of alkyl halides is 2. The number of H-pyrrole nitrogens is 1. The Kier molecular flexibility index (Phi) is 8.12. The number of aromatic amines is 1. The van der Waals surface area contributed by atoms with Crippen molar-refractivity contribution in [1.82, 2.24) is 9.55 Å². The fraction of sp³-hybridized carbons (Fsp3) is 0.600. The van der Waals surface area contributed by atoms with Crippen molar-refractivity contribution >= 4 is 35.7 Å². The van der Waals surface area contributed by atoms with Crippen molar-refractivity contribution in [1.29, 1.82) is 0 Å². The molecular formula is C10H14F3N2O13P3S. The molecular weight excluding hydrogens is 538 g/mol. The minimum absolute atomic E-state index is 0.354. The van der Waals surface area contributed by atoms with Gasteiger partial charge in [-0.3, -0.25) is 18.9 Å². The maximum Gasteiger partial charge on any atom is 0.490 e. The van der Waals surface area contributed by atoms with Crippen molar-refractivity contribution in [3.8, 4) is 0 Å². The van der Waals surface area contributed by atoms with E-state index in [1.807, 2.05) is 0 Å². The largest absolute Gasteiger partial charge is 0.490 e. The molecule has 0 amide bonds. The number of phosphoric acid groups is 3. The summed E-state index contributed by atoms with van der Waals surface area (Å²) in [6.07, 6.45) is -6.31. The maximum absolute atomic E-state index is 15.1. The van der Waals surface area contributed by atoms with E-state index in [-0.39, 0.29) is 0 Å². The number of rotatable bonds is 9. The Balaban J connectivity index is 2.22. The number of aromatic nitrogens is 2. The van der Waals surface area contributed by atoms with Crippen LogP contribution in [-0.4, -0.2) is 65.4 Å². The molecule has 1 aromatic heterocycles. The van der Waals surface area contributed by atoms with Gasteiger partial charge in [0.05, 0.1) is 12.8 Å². The fourth-order valence-electron chi connectivity index (χ4n) is 2.49. The highest BCUT2D eigenvalue weighted by Crippen LogP contribution is 2.66. The average Bonchev–Trinajstić information content (AvgIpc) is 2.85. The summed E-state index contributed by atoms with van der Waals surface area (Å²) in [6, 6.07) is 0. The molecule has 1 aliphatic heterocycles. The molecule has 0 aromatic carbocycles. The van der Waals surface area contributed by atoms with Crippen molar-refractivity contribution in [2.24, 2.45) is 0 Å². The number of hydrogen-bond acceptors (Lipinski definition) is 10. The Hall–Kier alpha value is -0.780. The minimum Gasteiger partial charge on any atom is -0.387 e. The lowest BCUT2D eigenvalue weighted by Gasteiger charge is -2.26. The molecule has 1 aromatic rings. The molecule has 2 heterocycles. The van der Waals surface area contributed by atoms with E-state index < -0.39 is 77.0 Å². The lowest BCUT2D eigenvalue weighted by molar-refractivity contribution is -0.0725. The van der Waals surface area contributed by atoms with Gasteiger partial charge in [0.25, 0.3) is 5.56 Å². The molecule has 0 radical (unpaired) electrons. The standard InChI is InChI=1S/C10H14F3N2O13P3S/c11-3-10(13)6(16)5(26-8(10)15-1-4(12)7(17)14-9(15)32)2-25-30(21,22)28-31(23,24)27-29(18,19)20/h1,5-6,8,16H,2-3H2,(H,21,22)(H,23,24)(H,14,17,32)(H2,18,19,20)/t5-,6?,8-,10-/m1/s1. The first-order chi connectivity index (χ1) is 14.4. The molecule has 0 aliphatic carbocycles. The lowest BCUT2D eigenvalue weighted by Crippen LogP contribution is -2.45. The van der Waals surface area contributed by atoms with Crippen LogP contribution in [0.5, 0.6) is 0 Å². The zero-order valence-corrected chi connectivity index (χ0v) is 18.6. The molecule has 184 valence electrons. The average molecular weight is 552 g/mol. The lowest BCUT2D eigenvalue weighted by atomic mass is 9.97. The Bertz CT molecular complexity index is 1130. The third kappa shape index (κ3) is 6.42. The van der Waals surface area contributed by atoms with Crippen molar-refractivity contribution in [3.63, 3.8) is 0 Å². The first-order valence-corrected chi connectivity index (χ1v) is 12.7. The number of halogens is 3. The first-order valence-electron chi connectivity index (χ1n) is 7.78. The van der Waals surface area contributed by atoms with Gasteiger partial charge >= 0.3 is 23.5 Å². The topological polar surface area (TPSA) is 227 Å². The van der Waals surface area contributed by atoms with E-state index in [0.29, 0.717) is 10.8 Å². The van der Waals surface area contributed by atoms with E-state index in [9.17, 15) is 37.3 Å². The van der Waals surface area contributed by atoms with Gasteiger partial charge in [-0.2, -0.15) is 13.0 Å². The van der Waals surface area contributed by atoms with Gasteiger partial charge in [0, 0.05) is 0 Å². The molecule has 0 bridgehead atoms. The van der Waals surface area contributed by atoms with Gasteiger partial charge in [-0.25, -0.2) is 22.5 Å². The van der Waals surface area contributed by atoms with E-state index in [2.05, 4.69) is 13.1 Å². The smallest absolute Gasteiger partial charge is 0.387 e. The van der Waals surface area contributed by atoms with Crippen LogP contribution in [-0.2, 0) is 31.6 Å². The minimum atomic E-state index is -5.85. The van der Waals surface area contributed by atoms with Crippen LogP contribution in [0, 0.1) is 10.6 Å². The van der Waals surface area contributed by atoms with Gasteiger partial charge in [0.15, 0.2) is 11.0 Å². The Morgan fingerprint density at radius 1 is 1.22 bits per heavy atom. The summed E-state index contributed by atoms with van der Waals surface area (Å²) in [4.78, 5) is 48.4. The molecule has 32 heavy (non-hydrogen) atoms. The van der Waals surface area contributed by atoms with Crippen LogP contribution >= 0.6 is 35.7 Å². The summed E-state index contributed by atoms with van der Waals surface area (Å²) in [5, 5.41) is 10.1. The maximum atomic E-state index is 15.1. The monoisotopic (exact) mass is 552 g/mol. The Morgan fingerprint density at radius 3 is 2.34 bits per heavy atom. The van der Waals surface area contributed by atoms with Gasteiger partial charge in [-0.1, -0.05) is 0 Å². The summed E-state index contributed by atoms with van der Waals surface area (Å²) in [7, 11) is -17.2. The fourth-order valence-corrected chi connectivity index (χ4v) is 5.76. The molecule has 6 atom stereocenters. The normalized spacial score (nSPS) is 30.1. The van der Waals surface area contributed by atoms with Gasteiger partial charge in [-0.15, -0.1) is 0 Å². The molecule has 3 unspecified atom stereocenters. The number of nitrogens with zero attached hydrogens (tertiary/aromatic N) is 1. The summed E-state index contributed by atoms with van der Waals surface area (Å²) in [6.45, 7) is -3.28. The molecule has 6 N–H and O–H groups in total. The number of hydrogen-bond donors (Lipinski definition) is 6. The Morgan fingerprint density at radius 2 is 1.81 bits per heavy atom. The summed E-state index contributed by atoms with van der Waals surface area (Å²) in [5.74, 6) is -1.48. The second-order valence-corrected chi connectivity index (χ2v) is 10.9. The highest BCUT2D eigenvalue weighted by atomic mass is 32.1. The van der Waals surface area contributed by atoms with E-state index in [1.165, 1.54) is 0 Å². The number of ether oxygens (including phenoxy) is 1. The van der Waals surface area contributed by atoms with Gasteiger partial charge in [-0.05, 0) is 12.2 Å². The number of aliphatic hydroxyl groups is 1. The van der Waals surface area contributed by atoms with E-state index in [1.54, 1.807) is 4.98 Å². The van der Waals surface area contributed by atoms with Crippen LogP contribution in [0.25, 0.3) is 0 Å². The molecule has 1 fully saturated rings. The zero-order chi connectivity index (χ0) is 24.7. The molecule has 15 nitrogen and oxygen atoms in total. The van der Waals surface area contributed by atoms with Crippen molar-refractivity contribution in [3.05, 3.63) is 27.1 Å². The molecule has 0 saturated carbocycles. The van der Waals surface area contributed by atoms with E-state index in [4.69, 9.17) is 31.6 Å². The van der Waals surface area contributed by atoms with Gasteiger partial charge in [0.2, 0.25) is 11.5 Å². The zero-order valence-electron chi connectivity index (χ0n) is 15.1. The van der Waals surface area contributed by atoms with Crippen molar-refractivity contribution < 1.29 is 69.4 Å². The van der Waals surface area contributed by atoms with E-state index in [0.717, 1.165) is 0 Å². The highest BCUT2D eigenvalue weighted by Gasteiger charge is 2.59. The number of nitrogens with one attached hydrogen (secondary N) is 1. The molecule has 0 spiro atoms.